The molecule has 0 N–H and O–H groups in total. The molecule has 4 aromatic rings. The highest BCUT2D eigenvalue weighted by Crippen LogP contribution is 2.26. The molecule has 0 fully saturated rings. The number of carbonyl (C=O) groups excluding carboxylic acids is 1. The molecule has 0 aliphatic heterocycles. The van der Waals surface area contributed by atoms with Gasteiger partial charge in [0.15, 0.2) is 0 Å². The van der Waals surface area contributed by atoms with Gasteiger partial charge in [-0.15, -0.1) is 16.4 Å². The van der Waals surface area contributed by atoms with Gasteiger partial charge in [-0.05, 0) is 77.2 Å². The molecule has 0 saturated carbocycles. The molecule has 2 aromatic carbocycles. The van der Waals surface area contributed by atoms with Gasteiger partial charge in [0.1, 0.15) is 5.75 Å². The molecule has 2 aromatic heterocycles. The van der Waals surface area contributed by atoms with Gasteiger partial charge in [-0.25, -0.2) is 0 Å². The number of benzene rings is 2. The molecular weight excluding hydrogens is 442 g/mol. The number of amides is 1. The van der Waals surface area contributed by atoms with Crippen LogP contribution in [0.4, 0.5) is 5.69 Å². The van der Waals surface area contributed by atoms with Crippen molar-refractivity contribution in [2.24, 2.45) is 0 Å². The average Bonchev–Trinajstić information content (AvgIpc) is 3.50. The number of hydrogen-bond acceptors (Lipinski definition) is 7. The Morgan fingerprint density at radius 2 is 1.94 bits per heavy atom. The highest BCUT2D eigenvalue weighted by molar-refractivity contribution is 7.99. The fourth-order valence-corrected chi connectivity index (χ4v) is 4.69. The number of thioether (sulfide) groups is 1. The Labute approximate surface area is 195 Å². The van der Waals surface area contributed by atoms with Crippen LogP contribution in [0.25, 0.3) is 5.69 Å². The van der Waals surface area contributed by atoms with Gasteiger partial charge in [-0.2, -0.15) is 4.68 Å². The van der Waals surface area contributed by atoms with Crippen molar-refractivity contribution in [2.45, 2.75) is 25.5 Å². The maximum Gasteiger partial charge on any atom is 0.237 e. The lowest BCUT2D eigenvalue weighted by Gasteiger charge is -2.22. The van der Waals surface area contributed by atoms with Crippen LogP contribution in [0.1, 0.15) is 16.0 Å². The summed E-state index contributed by atoms with van der Waals surface area (Å²) in [6.45, 7) is 4.60. The third-order valence-corrected chi connectivity index (χ3v) is 6.91. The average molecular weight is 466 g/mol. The molecule has 32 heavy (non-hydrogen) atoms. The van der Waals surface area contributed by atoms with E-state index in [4.69, 9.17) is 4.74 Å². The van der Waals surface area contributed by atoms with E-state index in [2.05, 4.69) is 28.5 Å². The maximum absolute atomic E-state index is 13.3. The lowest BCUT2D eigenvalue weighted by atomic mass is 10.1. The van der Waals surface area contributed by atoms with Crippen molar-refractivity contribution in [3.8, 4) is 11.4 Å². The quantitative estimate of drug-likeness (QED) is 0.352. The molecule has 7 nitrogen and oxygen atoms in total. The van der Waals surface area contributed by atoms with Crippen LogP contribution >= 0.6 is 23.1 Å². The van der Waals surface area contributed by atoms with Crippen LogP contribution < -0.4 is 9.64 Å². The Kier molecular flexibility index (Phi) is 6.87. The van der Waals surface area contributed by atoms with Crippen molar-refractivity contribution in [3.63, 3.8) is 0 Å². The van der Waals surface area contributed by atoms with Crippen LogP contribution in [0.15, 0.2) is 65.1 Å². The molecule has 0 atom stereocenters. The van der Waals surface area contributed by atoms with Crippen molar-refractivity contribution in [1.29, 1.82) is 0 Å². The summed E-state index contributed by atoms with van der Waals surface area (Å²) < 4.78 is 6.95. The largest absolute Gasteiger partial charge is 0.497 e. The minimum Gasteiger partial charge on any atom is -0.497 e. The highest BCUT2D eigenvalue weighted by Gasteiger charge is 2.20. The molecule has 1 amide bonds. The molecule has 0 spiro atoms. The predicted octanol–water partition coefficient (Wildman–Crippen LogP) is 4.67. The minimum absolute atomic E-state index is 0.0240. The van der Waals surface area contributed by atoms with Crippen LogP contribution in [-0.4, -0.2) is 39.0 Å². The first-order valence-corrected chi connectivity index (χ1v) is 11.9. The third-order valence-electron chi connectivity index (χ3n) is 5.15. The lowest BCUT2D eigenvalue weighted by Crippen LogP contribution is -2.31. The second kappa shape index (κ2) is 9.97. The van der Waals surface area contributed by atoms with Crippen molar-refractivity contribution >= 4 is 34.7 Å². The van der Waals surface area contributed by atoms with Gasteiger partial charge in [-0.1, -0.05) is 30.0 Å². The lowest BCUT2D eigenvalue weighted by molar-refractivity contribution is -0.116. The predicted molar refractivity (Wildman–Crippen MR) is 128 cm³/mol. The maximum atomic E-state index is 13.3. The molecule has 0 aliphatic carbocycles. The minimum atomic E-state index is -0.0240. The zero-order chi connectivity index (χ0) is 22.5. The fourth-order valence-electron chi connectivity index (χ4n) is 3.23. The van der Waals surface area contributed by atoms with Gasteiger partial charge in [0.05, 0.1) is 25.1 Å². The number of ether oxygens (including phenoxy) is 1. The molecule has 0 radical (unpaired) electrons. The van der Waals surface area contributed by atoms with E-state index >= 15 is 0 Å². The first-order chi connectivity index (χ1) is 15.6. The van der Waals surface area contributed by atoms with Crippen molar-refractivity contribution in [1.82, 2.24) is 20.2 Å². The van der Waals surface area contributed by atoms with Crippen LogP contribution in [-0.2, 0) is 11.3 Å². The van der Waals surface area contributed by atoms with Gasteiger partial charge < -0.3 is 9.64 Å². The number of carbonyl (C=O) groups is 1. The SMILES string of the molecule is COc1ccc(N(Cc2cccs2)C(=O)CSc2nnnn2-c2cccc(C)c2C)cc1. The number of anilines is 1. The Balaban J connectivity index is 1.54. The molecule has 4 rings (SSSR count). The van der Waals surface area contributed by atoms with Gasteiger partial charge in [0.2, 0.25) is 11.1 Å². The van der Waals surface area contributed by atoms with Gasteiger partial charge in [-0.3, -0.25) is 4.79 Å². The Hall–Kier alpha value is -3.17. The summed E-state index contributed by atoms with van der Waals surface area (Å²) in [6.07, 6.45) is 0. The number of tetrazole rings is 1. The van der Waals surface area contributed by atoms with Gasteiger partial charge in [0.25, 0.3) is 0 Å². The summed E-state index contributed by atoms with van der Waals surface area (Å²) >= 11 is 2.96. The van der Waals surface area contributed by atoms with E-state index in [9.17, 15) is 4.79 Å². The molecule has 164 valence electrons. The van der Waals surface area contributed by atoms with E-state index < -0.39 is 0 Å². The molecule has 0 saturated heterocycles. The number of nitrogens with zero attached hydrogens (tertiary/aromatic N) is 5. The third kappa shape index (κ3) is 4.84. The summed E-state index contributed by atoms with van der Waals surface area (Å²) in [5.74, 6) is 0.936. The Morgan fingerprint density at radius 1 is 1.12 bits per heavy atom. The first-order valence-electron chi connectivity index (χ1n) is 10.0. The highest BCUT2D eigenvalue weighted by atomic mass is 32.2. The Morgan fingerprint density at radius 3 is 2.66 bits per heavy atom. The second-order valence-corrected chi connectivity index (χ2v) is 9.11. The summed E-state index contributed by atoms with van der Waals surface area (Å²) in [6, 6.07) is 17.5. The van der Waals surface area contributed by atoms with E-state index in [1.807, 2.05) is 60.8 Å². The monoisotopic (exact) mass is 465 g/mol. The molecule has 0 unspecified atom stereocenters. The summed E-state index contributed by atoms with van der Waals surface area (Å²) in [4.78, 5) is 16.2. The first kappa shape index (κ1) is 22.0. The van der Waals surface area contributed by atoms with Crippen LogP contribution in [0, 0.1) is 13.8 Å². The van der Waals surface area contributed by atoms with E-state index in [-0.39, 0.29) is 11.7 Å². The van der Waals surface area contributed by atoms with E-state index in [0.717, 1.165) is 33.1 Å². The number of aromatic nitrogens is 4. The van der Waals surface area contributed by atoms with Crippen LogP contribution in [0.5, 0.6) is 5.75 Å². The zero-order valence-corrected chi connectivity index (χ0v) is 19.7. The fraction of sp³-hybridized carbons (Fsp3) is 0.217. The number of aryl methyl sites for hydroxylation is 1. The van der Waals surface area contributed by atoms with E-state index in [1.54, 1.807) is 28.0 Å². The Bertz CT molecular complexity index is 1190. The number of thiophene rings is 1. The van der Waals surface area contributed by atoms with E-state index in [1.165, 1.54) is 11.8 Å². The number of hydrogen-bond donors (Lipinski definition) is 0. The van der Waals surface area contributed by atoms with Crippen LogP contribution in [0.3, 0.4) is 0 Å². The van der Waals surface area contributed by atoms with Gasteiger partial charge in [0, 0.05) is 10.6 Å². The van der Waals surface area contributed by atoms with Crippen molar-refractivity contribution in [3.05, 3.63) is 76.0 Å². The number of rotatable bonds is 8. The molecule has 0 aliphatic rings. The summed E-state index contributed by atoms with van der Waals surface area (Å²) in [7, 11) is 1.63. The van der Waals surface area contributed by atoms with Crippen LogP contribution in [0.2, 0.25) is 0 Å². The second-order valence-electron chi connectivity index (χ2n) is 7.14. The zero-order valence-electron chi connectivity index (χ0n) is 18.1. The molecular formula is C23H23N5O2S2. The summed E-state index contributed by atoms with van der Waals surface area (Å²) in [5, 5.41) is 14.7. The van der Waals surface area contributed by atoms with E-state index in [0.29, 0.717) is 11.7 Å². The molecule has 2 heterocycles. The topological polar surface area (TPSA) is 73.1 Å². The smallest absolute Gasteiger partial charge is 0.237 e. The summed E-state index contributed by atoms with van der Waals surface area (Å²) in [5.41, 5.74) is 3.99. The normalized spacial score (nSPS) is 10.8. The standard InChI is InChI=1S/C23H23N5O2S2/c1-16-6-4-8-21(17(16)2)28-23(24-25-26-28)32-15-22(29)27(14-20-7-5-13-31-20)18-9-11-19(30-3)12-10-18/h4-13H,14-15H2,1-3H3. The molecule has 9 heteroatoms. The van der Waals surface area contributed by atoms with Crippen molar-refractivity contribution < 1.29 is 9.53 Å². The van der Waals surface area contributed by atoms with Gasteiger partial charge >= 0.3 is 0 Å². The van der Waals surface area contributed by atoms with Crippen molar-refractivity contribution in [2.75, 3.05) is 17.8 Å². The molecule has 0 bridgehead atoms. The number of methoxy groups -OCH3 is 1.